The van der Waals surface area contributed by atoms with Crippen LogP contribution in [0.5, 0.6) is 0 Å². The fraction of sp³-hybridized carbons (Fsp3) is 0.414. The molecule has 1 saturated carbocycles. The van der Waals surface area contributed by atoms with E-state index in [0.29, 0.717) is 10.7 Å². The third-order valence-corrected chi connectivity index (χ3v) is 10.4. The summed E-state index contributed by atoms with van der Waals surface area (Å²) < 4.78 is 123. The monoisotopic (exact) mass is 720 g/mol. The molecular formula is C29H24BrF7N4O3S. The molecule has 0 saturated heterocycles. The number of fused-ring (bicyclic) bond motifs is 3. The van der Waals surface area contributed by atoms with Crippen molar-refractivity contribution in [3.05, 3.63) is 80.3 Å². The summed E-state index contributed by atoms with van der Waals surface area (Å²) in [4.78, 5) is 17.6. The fourth-order valence-corrected chi connectivity index (χ4v) is 5.96. The van der Waals surface area contributed by atoms with Gasteiger partial charge in [-0.15, -0.1) is 0 Å². The van der Waals surface area contributed by atoms with Gasteiger partial charge in [0.1, 0.15) is 34.3 Å². The Kier molecular flexibility index (Phi) is 8.13. The van der Waals surface area contributed by atoms with Crippen LogP contribution in [0.1, 0.15) is 66.1 Å². The molecule has 1 amide bonds. The molecule has 5 rings (SSSR count). The van der Waals surface area contributed by atoms with Crippen LogP contribution in [-0.4, -0.2) is 40.1 Å². The van der Waals surface area contributed by atoms with E-state index in [-0.39, 0.29) is 34.3 Å². The van der Waals surface area contributed by atoms with E-state index >= 15 is 8.78 Å². The first kappa shape index (κ1) is 32.9. The molecule has 1 N–H and O–H groups in total. The molecule has 2 aromatic heterocycles. The van der Waals surface area contributed by atoms with E-state index in [9.17, 15) is 35.2 Å². The summed E-state index contributed by atoms with van der Waals surface area (Å²) in [5, 5.41) is 5.88. The second-order valence-electron chi connectivity index (χ2n) is 11.5. The normalized spacial score (nSPS) is 19.3. The number of rotatable bonds is 7. The van der Waals surface area contributed by atoms with Gasteiger partial charge in [-0.3, -0.25) is 9.48 Å². The SMILES string of the molecule is CC(C)(C#Cc1ccc(Br)c([C@H](Cc2cc(F)cc(F)c2)NC(=O)Cn2nc(C(F)(F)F)c3c2C(F)(F)[C@@H]2C[C@H]32)n1)S(C)(=O)=O. The van der Waals surface area contributed by atoms with Gasteiger partial charge in [0.05, 0.1) is 11.7 Å². The van der Waals surface area contributed by atoms with E-state index in [1.54, 1.807) is 0 Å². The first-order chi connectivity index (χ1) is 20.7. The van der Waals surface area contributed by atoms with E-state index in [1.165, 1.54) is 26.0 Å². The average molecular weight is 721 g/mol. The maximum atomic E-state index is 15.0. The molecule has 45 heavy (non-hydrogen) atoms. The Morgan fingerprint density at radius 3 is 2.42 bits per heavy atom. The van der Waals surface area contributed by atoms with Gasteiger partial charge in [-0.2, -0.15) is 27.1 Å². The van der Waals surface area contributed by atoms with Crippen LogP contribution in [0.2, 0.25) is 0 Å². The summed E-state index contributed by atoms with van der Waals surface area (Å²) in [7, 11) is -3.59. The maximum absolute atomic E-state index is 15.0. The zero-order valence-corrected chi connectivity index (χ0v) is 26.1. The van der Waals surface area contributed by atoms with Gasteiger partial charge in [0.15, 0.2) is 15.5 Å². The number of hydrogen-bond donors (Lipinski definition) is 1. The van der Waals surface area contributed by atoms with Crippen molar-refractivity contribution in [2.45, 2.75) is 62.0 Å². The Hall–Kier alpha value is -3.45. The van der Waals surface area contributed by atoms with Crippen molar-refractivity contribution in [3.63, 3.8) is 0 Å². The molecule has 1 aromatic carbocycles. The van der Waals surface area contributed by atoms with Crippen molar-refractivity contribution in [1.29, 1.82) is 0 Å². The Morgan fingerprint density at radius 2 is 1.82 bits per heavy atom. The number of aromatic nitrogens is 3. The van der Waals surface area contributed by atoms with E-state index < -0.39 is 85.6 Å². The molecule has 3 atom stereocenters. The number of nitrogens with one attached hydrogen (secondary N) is 1. The van der Waals surface area contributed by atoms with Gasteiger partial charge in [0, 0.05) is 28.3 Å². The number of sulfone groups is 1. The van der Waals surface area contributed by atoms with Gasteiger partial charge < -0.3 is 5.32 Å². The molecule has 0 radical (unpaired) electrons. The van der Waals surface area contributed by atoms with Crippen LogP contribution in [0.4, 0.5) is 30.7 Å². The van der Waals surface area contributed by atoms with Gasteiger partial charge in [-0.25, -0.2) is 22.2 Å². The topological polar surface area (TPSA) is 93.9 Å². The third-order valence-electron chi connectivity index (χ3n) is 7.81. The predicted molar refractivity (Wildman–Crippen MR) is 151 cm³/mol. The number of benzene rings is 1. The molecule has 240 valence electrons. The average Bonchev–Trinajstić information content (AvgIpc) is 3.54. The molecule has 0 bridgehead atoms. The van der Waals surface area contributed by atoms with Gasteiger partial charge >= 0.3 is 6.18 Å². The minimum absolute atomic E-state index is 0.0604. The molecule has 2 aliphatic rings. The number of carbonyl (C=O) groups is 1. The first-order valence-corrected chi connectivity index (χ1v) is 16.1. The lowest BCUT2D eigenvalue weighted by Gasteiger charge is -2.21. The number of alkyl halides is 5. The number of amides is 1. The van der Waals surface area contributed by atoms with Crippen LogP contribution in [-0.2, 0) is 39.7 Å². The number of halogens is 8. The number of nitrogens with zero attached hydrogens (tertiary/aromatic N) is 3. The van der Waals surface area contributed by atoms with E-state index in [1.807, 2.05) is 0 Å². The van der Waals surface area contributed by atoms with E-state index in [2.05, 4.69) is 43.2 Å². The highest BCUT2D eigenvalue weighted by molar-refractivity contribution is 9.10. The molecular weight excluding hydrogens is 697 g/mol. The van der Waals surface area contributed by atoms with Crippen molar-refractivity contribution in [2.24, 2.45) is 5.92 Å². The molecule has 2 heterocycles. The van der Waals surface area contributed by atoms with Crippen LogP contribution in [0.3, 0.4) is 0 Å². The Morgan fingerprint density at radius 1 is 1.18 bits per heavy atom. The highest BCUT2D eigenvalue weighted by Gasteiger charge is 2.68. The van der Waals surface area contributed by atoms with Crippen LogP contribution in [0.25, 0.3) is 0 Å². The van der Waals surface area contributed by atoms with Crippen LogP contribution in [0, 0.1) is 29.4 Å². The predicted octanol–water partition coefficient (Wildman–Crippen LogP) is 5.82. The van der Waals surface area contributed by atoms with Crippen LogP contribution in [0.15, 0.2) is 34.8 Å². The molecule has 1 fully saturated rings. The molecule has 0 spiro atoms. The highest BCUT2D eigenvalue weighted by Crippen LogP contribution is 2.68. The minimum Gasteiger partial charge on any atom is -0.346 e. The summed E-state index contributed by atoms with van der Waals surface area (Å²) in [6, 6.07) is 4.34. The molecule has 0 unspecified atom stereocenters. The minimum atomic E-state index is -5.02. The summed E-state index contributed by atoms with van der Waals surface area (Å²) >= 11 is 3.30. The largest absolute Gasteiger partial charge is 0.435 e. The van der Waals surface area contributed by atoms with Gasteiger partial charge in [-0.05, 0) is 84.3 Å². The number of carbonyl (C=O) groups excluding carboxylic acids is 1. The van der Waals surface area contributed by atoms with Crippen LogP contribution < -0.4 is 5.32 Å². The number of hydrogen-bond acceptors (Lipinski definition) is 5. The fourth-order valence-electron chi connectivity index (χ4n) is 5.23. The smallest absolute Gasteiger partial charge is 0.346 e. The second kappa shape index (κ2) is 11.1. The maximum Gasteiger partial charge on any atom is 0.435 e. The molecule has 3 aromatic rings. The van der Waals surface area contributed by atoms with Crippen molar-refractivity contribution >= 4 is 31.7 Å². The Balaban J connectivity index is 1.51. The molecule has 7 nitrogen and oxygen atoms in total. The van der Waals surface area contributed by atoms with Crippen molar-refractivity contribution in [2.75, 3.05) is 6.26 Å². The second-order valence-corrected chi connectivity index (χ2v) is 15.0. The van der Waals surface area contributed by atoms with E-state index in [0.717, 1.165) is 18.4 Å². The molecule has 16 heteroatoms. The lowest BCUT2D eigenvalue weighted by atomic mass is 10.0. The van der Waals surface area contributed by atoms with E-state index in [4.69, 9.17) is 0 Å². The van der Waals surface area contributed by atoms with Crippen molar-refractivity contribution < 1.29 is 43.9 Å². The lowest BCUT2D eigenvalue weighted by Crippen LogP contribution is -2.35. The summed E-state index contributed by atoms with van der Waals surface area (Å²) in [6.07, 6.45) is -4.42. The Labute approximate surface area is 261 Å². The summed E-state index contributed by atoms with van der Waals surface area (Å²) in [6.45, 7) is 1.76. The molecule has 0 aliphatic heterocycles. The van der Waals surface area contributed by atoms with Gasteiger partial charge in [-0.1, -0.05) is 5.92 Å². The standard InChI is InChI=1S/C29H24BrF7N4O3S/c1-27(2,45(3,43)44)7-6-17-4-5-20(30)24(38-17)21(10-14-8-15(31)11-16(32)9-14)39-22(42)13-41-26-23(25(40-41)29(35,36)37)18-12-19(18)28(26,33)34/h4-5,8-9,11,18-19,21H,10,12-13H2,1-3H3,(H,39,42)/t18-,19+,21-/m0/s1. The van der Waals surface area contributed by atoms with Crippen molar-refractivity contribution in [3.8, 4) is 11.8 Å². The first-order valence-electron chi connectivity index (χ1n) is 13.4. The lowest BCUT2D eigenvalue weighted by molar-refractivity contribution is -0.142. The van der Waals surface area contributed by atoms with Crippen LogP contribution >= 0.6 is 15.9 Å². The number of pyridine rings is 1. The quantitative estimate of drug-likeness (QED) is 0.245. The molecule has 2 aliphatic carbocycles. The summed E-state index contributed by atoms with van der Waals surface area (Å²) in [5.41, 5.74) is -2.84. The third kappa shape index (κ3) is 6.46. The zero-order chi connectivity index (χ0) is 33.3. The van der Waals surface area contributed by atoms with Gasteiger partial charge in [0.2, 0.25) is 5.91 Å². The summed E-state index contributed by atoms with van der Waals surface area (Å²) in [5.74, 6) is -3.52. The Bertz CT molecular complexity index is 1860. The van der Waals surface area contributed by atoms with Gasteiger partial charge in [0.25, 0.3) is 5.92 Å². The highest BCUT2D eigenvalue weighted by atomic mass is 79.9. The zero-order valence-electron chi connectivity index (χ0n) is 23.7. The van der Waals surface area contributed by atoms with Crippen molar-refractivity contribution in [1.82, 2.24) is 20.1 Å².